The van der Waals surface area contributed by atoms with Crippen LogP contribution in [0.25, 0.3) is 0 Å². The fourth-order valence-electron chi connectivity index (χ4n) is 11.5. The summed E-state index contributed by atoms with van der Waals surface area (Å²) in [5, 5.41) is 30.1. The number of aliphatic hydroxyl groups is 1. The number of carbonyl (C=O) groups is 8. The topological polar surface area (TPSA) is 463 Å². The van der Waals surface area contributed by atoms with Crippen molar-refractivity contribution in [3.63, 3.8) is 0 Å². The van der Waals surface area contributed by atoms with E-state index in [0.717, 1.165) is 12.0 Å². The van der Waals surface area contributed by atoms with E-state index < -0.39 is 55.7 Å². The molecule has 0 bridgehead atoms. The molecule has 638 valence electrons. The summed E-state index contributed by atoms with van der Waals surface area (Å²) in [6, 6.07) is 24.8. The van der Waals surface area contributed by atoms with Crippen molar-refractivity contribution in [1.29, 1.82) is 0 Å². The zero-order chi connectivity index (χ0) is 87.2. The molecule has 35 nitrogen and oxygen atoms in total. The van der Waals surface area contributed by atoms with Gasteiger partial charge in [-0.3, -0.25) is 53.4 Å². The smallest absolute Gasteiger partial charge is 0.363 e. The van der Waals surface area contributed by atoms with Crippen molar-refractivity contribution >= 4 is 93.2 Å². The zero-order valence-electron chi connectivity index (χ0n) is 65.7. The van der Waals surface area contributed by atoms with Crippen LogP contribution in [0.5, 0.6) is 46.0 Å². The standard InChI is InChI=1S/C25H28F2N4O4.C14H14N4O4.C14H16N4O2.C10H12ClF2NO2.C10H6ClN3O3.C3H8N2O.CH4O.CH4/c1-31(2)21(32)14-16-13-17(6-12-28-16)35-18-3-4-20(29-15-18)30-23(34)19-5-7-24(22(19)33)8-10-25(26,27)11-9-24;1-17(2)14(19)8-10-7-11(5-6-15-10)22-12-3-4-13(16-9-12)18(20)21;1-18(2)14(19)8-10-7-11(5-6-16-10)20-12-3-4-13(15)17-9-12;11-8(16)14-6-5-9(7(14)15)1-3-10(12,13)4-2-9;11-9-5-7(3-4-12-9)17-8-1-2-10(13-6-8)14(15)16;1-5(2)3(4)6;1-2;/h3-4,6,12-13,15,19H,5,7-11,14H2,1-2H3,(H,29,30,34);3-7,9H,8H2,1-2H3;3-7,9H,8H2,1-2H3,(H2,15,17);1-6H2;1-6H;1-2H3,(H2,4,6);2H,1H3;1H4. The highest BCUT2D eigenvalue weighted by molar-refractivity contribution is 6.64. The van der Waals surface area contributed by atoms with E-state index in [1.807, 2.05) is 0 Å². The van der Waals surface area contributed by atoms with Gasteiger partial charge in [-0.2, -0.15) is 0 Å². The van der Waals surface area contributed by atoms with Gasteiger partial charge in [-0.15, -0.1) is 0 Å². The summed E-state index contributed by atoms with van der Waals surface area (Å²) >= 11 is 10.9. The molecule has 0 aromatic carbocycles. The van der Waals surface area contributed by atoms with Crippen LogP contribution >= 0.6 is 23.2 Å². The van der Waals surface area contributed by atoms with E-state index in [1.54, 1.807) is 142 Å². The first kappa shape index (κ1) is 96.8. The van der Waals surface area contributed by atoms with Crippen molar-refractivity contribution in [3.05, 3.63) is 189 Å². The number of alkyl halides is 4. The third-order valence-electron chi connectivity index (χ3n) is 18.2. The Bertz CT molecular complexity index is 4760. The summed E-state index contributed by atoms with van der Waals surface area (Å²) in [6.07, 6.45) is 13.0. The molecular formula is C78H92Cl2F4N18O17. The number of amides is 8. The van der Waals surface area contributed by atoms with Gasteiger partial charge in [0.25, 0.3) is 0 Å². The Morgan fingerprint density at radius 1 is 0.513 bits per heavy atom. The molecule has 1 saturated heterocycles. The quantitative estimate of drug-likeness (QED) is 0.0118. The molecule has 0 radical (unpaired) electrons. The van der Waals surface area contributed by atoms with E-state index in [4.69, 9.17) is 58.7 Å². The maximum absolute atomic E-state index is 13.6. The lowest BCUT2D eigenvalue weighted by atomic mass is 9.70. The first-order chi connectivity index (χ1) is 55.7. The number of pyridine rings is 8. The predicted molar refractivity (Wildman–Crippen MR) is 428 cm³/mol. The molecule has 8 amide bonds. The Labute approximate surface area is 692 Å². The molecule has 4 aliphatic rings. The minimum Gasteiger partial charge on any atom is -0.456 e. The molecular weight excluding hydrogens is 1610 g/mol. The molecule has 2 spiro atoms. The van der Waals surface area contributed by atoms with Gasteiger partial charge >= 0.3 is 23.0 Å². The molecule has 1 unspecified atom stereocenters. The van der Waals surface area contributed by atoms with Gasteiger partial charge in [-0.25, -0.2) is 37.3 Å². The van der Waals surface area contributed by atoms with Crippen molar-refractivity contribution < 1.29 is 89.8 Å². The number of anilines is 2. The lowest BCUT2D eigenvalue weighted by molar-refractivity contribution is -0.389. The van der Waals surface area contributed by atoms with Gasteiger partial charge in [-0.1, -0.05) is 19.0 Å². The van der Waals surface area contributed by atoms with Crippen molar-refractivity contribution in [1.82, 2.24) is 64.4 Å². The molecule has 9 heterocycles. The lowest BCUT2D eigenvalue weighted by Crippen LogP contribution is -2.40. The number of nitro groups is 2. The molecule has 3 aliphatic carbocycles. The van der Waals surface area contributed by atoms with E-state index >= 15 is 0 Å². The maximum atomic E-state index is 13.6. The van der Waals surface area contributed by atoms with Crippen LogP contribution in [0.3, 0.4) is 0 Å². The average Bonchev–Trinajstić information content (AvgIpc) is 1.63. The number of aromatic nitrogens is 8. The van der Waals surface area contributed by atoms with Crippen LogP contribution in [0, 0.1) is 37.0 Å². The summed E-state index contributed by atoms with van der Waals surface area (Å²) in [7, 11) is 14.3. The number of nitrogens with two attached hydrogens (primary N) is 2. The number of likely N-dealkylation sites (tertiary alicyclic amines) is 1. The molecule has 4 fully saturated rings. The highest BCUT2D eigenvalue weighted by atomic mass is 35.5. The van der Waals surface area contributed by atoms with Gasteiger partial charge in [0.15, 0.2) is 29.7 Å². The number of rotatable bonds is 18. The molecule has 8 aromatic rings. The van der Waals surface area contributed by atoms with E-state index in [2.05, 4.69) is 45.2 Å². The van der Waals surface area contributed by atoms with Crippen LogP contribution in [0.4, 0.5) is 50.4 Å². The van der Waals surface area contributed by atoms with Gasteiger partial charge in [-0.05, 0) is 137 Å². The minimum absolute atomic E-state index is 0. The number of Topliss-reactive ketones (excluding diaryl/α,β-unsaturated/α-hetero) is 1. The number of nitrogen functional groups attached to an aromatic ring is 1. The van der Waals surface area contributed by atoms with Crippen LogP contribution in [-0.2, 0) is 48.0 Å². The van der Waals surface area contributed by atoms with Gasteiger partial charge in [0, 0.05) is 162 Å². The first-order valence-electron chi connectivity index (χ1n) is 35.9. The highest BCUT2D eigenvalue weighted by Crippen LogP contribution is 2.53. The number of carbonyl (C=O) groups excluding carboxylic acids is 8. The second kappa shape index (κ2) is 45.1. The van der Waals surface area contributed by atoms with Crippen molar-refractivity contribution in [2.45, 2.75) is 109 Å². The largest absolute Gasteiger partial charge is 0.456 e. The molecule has 1 aliphatic heterocycles. The number of nitrogens with zero attached hydrogens (tertiary/aromatic N) is 15. The molecule has 3 saturated carbocycles. The Balaban J connectivity index is 0.000000266. The number of urea groups is 1. The number of primary amides is 1. The van der Waals surface area contributed by atoms with Crippen LogP contribution in [0.15, 0.2) is 147 Å². The molecule has 6 N–H and O–H groups in total. The molecule has 8 aromatic heterocycles. The Morgan fingerprint density at radius 2 is 0.874 bits per heavy atom. The van der Waals surface area contributed by atoms with E-state index in [-0.39, 0.29) is 131 Å². The Kier molecular flexibility index (Phi) is 36.7. The van der Waals surface area contributed by atoms with Crippen LogP contribution in [-0.4, -0.2) is 208 Å². The fraction of sp³-hybridized carbons (Fsp3) is 0.385. The van der Waals surface area contributed by atoms with Crippen molar-refractivity contribution in [2.24, 2.45) is 22.5 Å². The summed E-state index contributed by atoms with van der Waals surface area (Å²) in [4.78, 5) is 152. The monoisotopic (exact) mass is 1700 g/mol. The van der Waals surface area contributed by atoms with E-state index in [0.29, 0.717) is 93.3 Å². The van der Waals surface area contributed by atoms with E-state index in [1.165, 1.54) is 80.9 Å². The molecule has 119 heavy (non-hydrogen) atoms. The second-order valence-corrected chi connectivity index (χ2v) is 28.2. The number of hydrogen-bond acceptors (Lipinski definition) is 26. The fourth-order valence-corrected chi connectivity index (χ4v) is 11.8. The minimum atomic E-state index is -2.72. The first-order valence-corrected chi connectivity index (χ1v) is 36.7. The number of ketones is 1. The maximum Gasteiger partial charge on any atom is 0.363 e. The third kappa shape index (κ3) is 30.7. The number of ether oxygens (including phenoxy) is 4. The molecule has 12 rings (SSSR count). The summed E-state index contributed by atoms with van der Waals surface area (Å²) in [5.41, 5.74) is 10.5. The number of halogens is 6. The highest BCUT2D eigenvalue weighted by Gasteiger charge is 2.55. The van der Waals surface area contributed by atoms with Crippen LogP contribution < -0.4 is 35.7 Å². The zero-order valence-corrected chi connectivity index (χ0v) is 67.2. The number of likely N-dealkylation sites (N-methyl/N-ethyl adjacent to an activating group) is 3. The number of nitrogens with one attached hydrogen (secondary N) is 1. The van der Waals surface area contributed by atoms with Crippen LogP contribution in [0.1, 0.15) is 95.1 Å². The average molecular weight is 1700 g/mol. The third-order valence-corrected chi connectivity index (χ3v) is 18.6. The summed E-state index contributed by atoms with van der Waals surface area (Å²) in [5.74, 6) is -3.44. The number of hydrogen-bond donors (Lipinski definition) is 4. The van der Waals surface area contributed by atoms with Gasteiger partial charge in [0.2, 0.25) is 41.4 Å². The number of imide groups is 1. The normalized spacial score (nSPS) is 15.1. The Morgan fingerprint density at radius 3 is 1.19 bits per heavy atom. The predicted octanol–water partition coefficient (Wildman–Crippen LogP) is 12.8. The molecule has 1 atom stereocenters. The van der Waals surface area contributed by atoms with Crippen molar-refractivity contribution in [2.75, 3.05) is 81.1 Å². The summed E-state index contributed by atoms with van der Waals surface area (Å²) in [6.45, 7) is 0.257. The number of aliphatic hydroxyl groups excluding tert-OH is 1. The van der Waals surface area contributed by atoms with Gasteiger partial charge in [0.05, 0.1) is 60.1 Å². The van der Waals surface area contributed by atoms with Crippen molar-refractivity contribution in [3.8, 4) is 46.0 Å². The van der Waals surface area contributed by atoms with Gasteiger partial charge < -0.3 is 80.7 Å². The Hall–Kier alpha value is -12.8. The lowest BCUT2D eigenvalue weighted by Gasteiger charge is -2.35. The molecule has 41 heteroatoms. The SMILES string of the molecule is C.CN(C)C(=O)Cc1cc(Oc2ccc(N)nc2)ccn1.CN(C)C(=O)Cc1cc(Oc2ccc(NC(=O)C3CCC4(CCC(F)(F)CC4)C3=O)nc2)ccn1.CN(C)C(=O)Cc1cc(Oc2ccc([N+](=O)[O-])nc2)ccn1.CN(C)C(N)=O.CO.O=C(Cl)N1CCC2(CCC(F)(F)CC2)C1=O.O=[N+]([O-])c1ccc(Oc2ccnc(Cl)c2)cn1. The van der Waals surface area contributed by atoms with Gasteiger partial charge in [0.1, 0.15) is 51.3 Å². The van der Waals surface area contributed by atoms with Crippen LogP contribution in [0.2, 0.25) is 5.15 Å². The second-order valence-electron chi connectivity index (χ2n) is 27.5. The summed E-state index contributed by atoms with van der Waals surface area (Å²) < 4.78 is 75.5. The van der Waals surface area contributed by atoms with E-state index in [9.17, 15) is 76.1 Å².